The monoisotopic (exact) mass is 401 g/mol. The van der Waals surface area contributed by atoms with E-state index in [-0.39, 0.29) is 16.9 Å². The molecule has 0 spiro atoms. The summed E-state index contributed by atoms with van der Waals surface area (Å²) in [6.45, 7) is 0. The number of halogens is 1. The lowest BCUT2D eigenvalue weighted by Gasteiger charge is -2.26. The van der Waals surface area contributed by atoms with Gasteiger partial charge in [0.2, 0.25) is 0 Å². The molecule has 9 nitrogen and oxygen atoms in total. The minimum atomic E-state index is -0.959. The van der Waals surface area contributed by atoms with E-state index >= 15 is 0 Å². The maximum absolute atomic E-state index is 12.8. The van der Waals surface area contributed by atoms with E-state index in [1.54, 1.807) is 12.1 Å². The lowest BCUT2D eigenvalue weighted by molar-refractivity contribution is -0.384. The Bertz CT molecular complexity index is 1030. The number of anilines is 1. The summed E-state index contributed by atoms with van der Waals surface area (Å²) in [6.07, 6.45) is 1.26. The molecule has 4 amide bonds. The van der Waals surface area contributed by atoms with E-state index < -0.39 is 22.8 Å². The van der Waals surface area contributed by atoms with Crippen LogP contribution in [0, 0.1) is 10.1 Å². The molecular weight excluding hydrogens is 390 g/mol. The number of nitrogens with zero attached hydrogens (tertiary/aromatic N) is 2. The molecule has 142 valence electrons. The second-order valence-electron chi connectivity index (χ2n) is 5.62. The Morgan fingerprint density at radius 1 is 1.14 bits per heavy atom. The standard InChI is InChI=1S/C18H12ClN3O6/c1-28-15-7-2-11(19)8-10(15)9-14-16(23)20-18(25)21(17(14)24)12-3-5-13(6-4-12)22(26)27/h2-9H,1H3,(H,20,23,25)/b14-9-. The second kappa shape index (κ2) is 7.49. The first-order chi connectivity index (χ1) is 13.3. The van der Waals surface area contributed by atoms with E-state index in [0.29, 0.717) is 21.2 Å². The van der Waals surface area contributed by atoms with Gasteiger partial charge in [0.25, 0.3) is 17.5 Å². The van der Waals surface area contributed by atoms with E-state index in [4.69, 9.17) is 16.3 Å². The summed E-state index contributed by atoms with van der Waals surface area (Å²) in [5, 5.41) is 13.2. The number of carbonyl (C=O) groups excluding carboxylic acids is 3. The van der Waals surface area contributed by atoms with Crippen molar-refractivity contribution in [2.24, 2.45) is 0 Å². The predicted octanol–water partition coefficient (Wildman–Crippen LogP) is 2.92. The lowest BCUT2D eigenvalue weighted by atomic mass is 10.1. The normalized spacial score (nSPS) is 15.6. The SMILES string of the molecule is COc1ccc(Cl)cc1/C=C1/C(=O)NC(=O)N(c2ccc([N+](=O)[O-])cc2)C1=O. The largest absolute Gasteiger partial charge is 0.496 e. The number of hydrogen-bond donors (Lipinski definition) is 1. The Kier molecular flexibility index (Phi) is 5.10. The number of nitro benzene ring substituents is 1. The third-order valence-corrected chi connectivity index (χ3v) is 4.15. The third kappa shape index (κ3) is 3.55. The number of imide groups is 2. The molecule has 3 rings (SSSR count). The number of nitro groups is 1. The number of carbonyl (C=O) groups is 3. The Morgan fingerprint density at radius 3 is 2.43 bits per heavy atom. The summed E-state index contributed by atoms with van der Waals surface area (Å²) in [5.41, 5.74) is -0.0845. The van der Waals surface area contributed by atoms with E-state index in [9.17, 15) is 24.5 Å². The van der Waals surface area contributed by atoms with Gasteiger partial charge in [-0.25, -0.2) is 9.69 Å². The van der Waals surface area contributed by atoms with Crippen molar-refractivity contribution in [1.82, 2.24) is 5.32 Å². The molecule has 0 radical (unpaired) electrons. The van der Waals surface area contributed by atoms with Crippen LogP contribution in [-0.2, 0) is 9.59 Å². The molecule has 0 bridgehead atoms. The van der Waals surface area contributed by atoms with Crippen LogP contribution < -0.4 is 15.0 Å². The van der Waals surface area contributed by atoms with Crippen molar-refractivity contribution in [3.05, 3.63) is 68.7 Å². The van der Waals surface area contributed by atoms with Gasteiger partial charge in [0.05, 0.1) is 17.7 Å². The van der Waals surface area contributed by atoms with Gasteiger partial charge in [-0.15, -0.1) is 0 Å². The number of nitrogens with one attached hydrogen (secondary N) is 1. The van der Waals surface area contributed by atoms with Gasteiger partial charge in [0.1, 0.15) is 11.3 Å². The molecule has 1 fully saturated rings. The van der Waals surface area contributed by atoms with E-state index in [0.717, 1.165) is 12.1 Å². The summed E-state index contributed by atoms with van der Waals surface area (Å²) in [6, 6.07) is 8.47. The van der Waals surface area contributed by atoms with Crippen LogP contribution in [0.2, 0.25) is 5.02 Å². The quantitative estimate of drug-likeness (QED) is 0.364. The molecule has 2 aromatic rings. The van der Waals surface area contributed by atoms with E-state index in [1.165, 1.54) is 31.4 Å². The van der Waals surface area contributed by atoms with Crippen molar-refractivity contribution in [2.75, 3.05) is 12.0 Å². The minimum absolute atomic E-state index is 0.0737. The first-order valence-electron chi connectivity index (χ1n) is 7.81. The Hall–Kier alpha value is -3.72. The van der Waals surface area contributed by atoms with Gasteiger partial charge < -0.3 is 4.74 Å². The number of ether oxygens (including phenoxy) is 1. The first-order valence-corrected chi connectivity index (χ1v) is 8.19. The first kappa shape index (κ1) is 19.1. The average molecular weight is 402 g/mol. The predicted molar refractivity (Wildman–Crippen MR) is 100 cm³/mol. The van der Waals surface area contributed by atoms with Gasteiger partial charge in [-0.05, 0) is 36.4 Å². The summed E-state index contributed by atoms with van der Waals surface area (Å²) >= 11 is 5.96. The van der Waals surface area contributed by atoms with Gasteiger partial charge in [0, 0.05) is 22.7 Å². The number of hydrogen-bond acceptors (Lipinski definition) is 6. The number of barbiturate groups is 1. The zero-order valence-corrected chi connectivity index (χ0v) is 15.1. The molecule has 2 aromatic carbocycles. The fourth-order valence-electron chi connectivity index (χ4n) is 2.59. The van der Waals surface area contributed by atoms with Crippen LogP contribution in [0.15, 0.2) is 48.0 Å². The number of urea groups is 1. The fourth-order valence-corrected chi connectivity index (χ4v) is 2.77. The van der Waals surface area contributed by atoms with Gasteiger partial charge in [-0.2, -0.15) is 0 Å². The third-order valence-electron chi connectivity index (χ3n) is 3.91. The van der Waals surface area contributed by atoms with Gasteiger partial charge >= 0.3 is 6.03 Å². The average Bonchev–Trinajstić information content (AvgIpc) is 2.65. The topological polar surface area (TPSA) is 119 Å². The van der Waals surface area contributed by atoms with Crippen molar-refractivity contribution in [2.45, 2.75) is 0 Å². The van der Waals surface area contributed by atoms with Crippen molar-refractivity contribution in [3.8, 4) is 5.75 Å². The van der Waals surface area contributed by atoms with E-state index in [2.05, 4.69) is 5.32 Å². The van der Waals surface area contributed by atoms with Crippen LogP contribution >= 0.6 is 11.6 Å². The minimum Gasteiger partial charge on any atom is -0.496 e. The Balaban J connectivity index is 2.03. The molecule has 1 heterocycles. The maximum Gasteiger partial charge on any atom is 0.335 e. The summed E-state index contributed by atoms with van der Waals surface area (Å²) in [4.78, 5) is 48.1. The van der Waals surface area contributed by atoms with Crippen molar-refractivity contribution < 1.29 is 24.0 Å². The molecular formula is C18H12ClN3O6. The number of amides is 4. The highest BCUT2D eigenvalue weighted by Crippen LogP contribution is 2.28. The Labute approximate surface area is 163 Å². The highest BCUT2D eigenvalue weighted by atomic mass is 35.5. The van der Waals surface area contributed by atoms with Crippen LogP contribution in [0.1, 0.15) is 5.56 Å². The van der Waals surface area contributed by atoms with Crippen molar-refractivity contribution in [3.63, 3.8) is 0 Å². The number of methoxy groups -OCH3 is 1. The summed E-state index contributed by atoms with van der Waals surface area (Å²) in [7, 11) is 1.42. The number of non-ortho nitro benzene ring substituents is 1. The summed E-state index contributed by atoms with van der Waals surface area (Å²) < 4.78 is 5.19. The summed E-state index contributed by atoms with van der Waals surface area (Å²) in [5.74, 6) is -1.39. The lowest BCUT2D eigenvalue weighted by Crippen LogP contribution is -2.54. The molecule has 0 atom stereocenters. The van der Waals surface area contributed by atoms with Crippen LogP contribution in [0.4, 0.5) is 16.2 Å². The zero-order valence-electron chi connectivity index (χ0n) is 14.3. The van der Waals surface area contributed by atoms with Gasteiger partial charge in [0.15, 0.2) is 0 Å². The molecule has 0 aromatic heterocycles. The highest BCUT2D eigenvalue weighted by Gasteiger charge is 2.37. The molecule has 0 aliphatic carbocycles. The van der Waals surface area contributed by atoms with Crippen molar-refractivity contribution in [1.29, 1.82) is 0 Å². The number of benzene rings is 2. The molecule has 10 heteroatoms. The second-order valence-corrected chi connectivity index (χ2v) is 6.05. The maximum atomic E-state index is 12.8. The molecule has 1 N–H and O–H groups in total. The van der Waals surface area contributed by atoms with Crippen LogP contribution in [-0.4, -0.2) is 29.9 Å². The van der Waals surface area contributed by atoms with Gasteiger partial charge in [-0.3, -0.25) is 25.0 Å². The zero-order chi connectivity index (χ0) is 20.4. The van der Waals surface area contributed by atoms with Crippen LogP contribution in [0.5, 0.6) is 5.75 Å². The van der Waals surface area contributed by atoms with Crippen molar-refractivity contribution >= 4 is 46.9 Å². The van der Waals surface area contributed by atoms with Gasteiger partial charge in [-0.1, -0.05) is 11.6 Å². The smallest absolute Gasteiger partial charge is 0.335 e. The molecule has 28 heavy (non-hydrogen) atoms. The fraction of sp³-hybridized carbons (Fsp3) is 0.0556. The highest BCUT2D eigenvalue weighted by molar-refractivity contribution is 6.39. The molecule has 1 aliphatic rings. The van der Waals surface area contributed by atoms with E-state index in [1.807, 2.05) is 0 Å². The molecule has 1 saturated heterocycles. The Morgan fingerprint density at radius 2 is 1.82 bits per heavy atom. The molecule has 0 saturated carbocycles. The molecule has 1 aliphatic heterocycles. The molecule has 0 unspecified atom stereocenters. The van der Waals surface area contributed by atoms with Crippen LogP contribution in [0.3, 0.4) is 0 Å². The van der Waals surface area contributed by atoms with Crippen LogP contribution in [0.25, 0.3) is 6.08 Å². The number of rotatable bonds is 4.